The van der Waals surface area contributed by atoms with Crippen LogP contribution in [0.25, 0.3) is 0 Å². The summed E-state index contributed by atoms with van der Waals surface area (Å²) < 4.78 is 0. The second-order valence-electron chi connectivity index (χ2n) is 5.40. The summed E-state index contributed by atoms with van der Waals surface area (Å²) in [5.41, 5.74) is 1.40. The molecule has 16 heavy (non-hydrogen) atoms. The minimum Gasteiger partial charge on any atom is -0.508 e. The van der Waals surface area contributed by atoms with Gasteiger partial charge in [0.05, 0.1) is 0 Å². The smallest absolute Gasteiger partial charge is 0.115 e. The summed E-state index contributed by atoms with van der Waals surface area (Å²) in [5.74, 6) is 2.80. The van der Waals surface area contributed by atoms with Crippen molar-refractivity contribution in [3.63, 3.8) is 0 Å². The maximum atomic E-state index is 9.29. The summed E-state index contributed by atoms with van der Waals surface area (Å²) in [6.45, 7) is 4.76. The summed E-state index contributed by atoms with van der Waals surface area (Å²) in [6.07, 6.45) is 5.28. The zero-order valence-corrected chi connectivity index (χ0v) is 10.3. The molecule has 1 heteroatoms. The Morgan fingerprint density at radius 1 is 0.875 bits per heavy atom. The molecule has 1 aliphatic carbocycles. The van der Waals surface area contributed by atoms with E-state index in [-0.39, 0.29) is 0 Å². The number of hydrogen-bond donors (Lipinski definition) is 1. The van der Waals surface area contributed by atoms with Crippen molar-refractivity contribution in [3.05, 3.63) is 29.8 Å². The topological polar surface area (TPSA) is 20.2 Å². The fraction of sp³-hybridized carbons (Fsp3) is 0.600. The molecule has 0 saturated heterocycles. The van der Waals surface area contributed by atoms with Crippen LogP contribution in [-0.2, 0) is 0 Å². The van der Waals surface area contributed by atoms with Crippen LogP contribution in [0.15, 0.2) is 24.3 Å². The molecule has 1 aromatic carbocycles. The SMILES string of the molecule is CC1CCC(c2ccc(O)cc2)CCC1C. The number of rotatable bonds is 1. The first-order valence-electron chi connectivity index (χ1n) is 6.45. The van der Waals surface area contributed by atoms with Crippen LogP contribution in [0.2, 0.25) is 0 Å². The van der Waals surface area contributed by atoms with E-state index in [4.69, 9.17) is 0 Å². The van der Waals surface area contributed by atoms with E-state index in [2.05, 4.69) is 26.0 Å². The van der Waals surface area contributed by atoms with Gasteiger partial charge in [0.2, 0.25) is 0 Å². The molecular formula is C15H22O. The highest BCUT2D eigenvalue weighted by Crippen LogP contribution is 2.36. The molecular weight excluding hydrogens is 196 g/mol. The molecule has 2 unspecified atom stereocenters. The molecule has 1 N–H and O–H groups in total. The van der Waals surface area contributed by atoms with Crippen molar-refractivity contribution in [2.24, 2.45) is 11.8 Å². The summed E-state index contributed by atoms with van der Waals surface area (Å²) in [7, 11) is 0. The first-order chi connectivity index (χ1) is 7.66. The largest absolute Gasteiger partial charge is 0.508 e. The molecule has 0 radical (unpaired) electrons. The number of hydrogen-bond acceptors (Lipinski definition) is 1. The van der Waals surface area contributed by atoms with Gasteiger partial charge in [0.25, 0.3) is 0 Å². The number of phenolic OH excluding ortho intramolecular Hbond substituents is 1. The standard InChI is InChI=1S/C15H22O/c1-11-3-5-13(6-4-12(11)2)14-7-9-15(16)10-8-14/h7-13,16H,3-6H2,1-2H3. The summed E-state index contributed by atoms with van der Waals surface area (Å²) in [4.78, 5) is 0. The van der Waals surface area contributed by atoms with Crippen LogP contribution in [0, 0.1) is 11.8 Å². The predicted molar refractivity (Wildman–Crippen MR) is 67.6 cm³/mol. The number of phenols is 1. The van der Waals surface area contributed by atoms with Crippen molar-refractivity contribution in [2.75, 3.05) is 0 Å². The van der Waals surface area contributed by atoms with Gasteiger partial charge in [-0.3, -0.25) is 0 Å². The van der Waals surface area contributed by atoms with Gasteiger partial charge < -0.3 is 5.11 Å². The van der Waals surface area contributed by atoms with E-state index in [0.717, 1.165) is 11.8 Å². The lowest BCUT2D eigenvalue weighted by molar-refractivity contribution is 0.367. The van der Waals surface area contributed by atoms with Crippen LogP contribution >= 0.6 is 0 Å². The number of aromatic hydroxyl groups is 1. The Kier molecular flexibility index (Phi) is 3.52. The second-order valence-corrected chi connectivity index (χ2v) is 5.40. The zero-order valence-electron chi connectivity index (χ0n) is 10.3. The van der Waals surface area contributed by atoms with E-state index < -0.39 is 0 Å². The van der Waals surface area contributed by atoms with Crippen molar-refractivity contribution < 1.29 is 5.11 Å². The average Bonchev–Trinajstić information content (AvgIpc) is 2.44. The van der Waals surface area contributed by atoms with Gasteiger partial charge in [-0.05, 0) is 61.1 Å². The fourth-order valence-electron chi connectivity index (χ4n) is 2.72. The lowest BCUT2D eigenvalue weighted by Gasteiger charge is -2.14. The van der Waals surface area contributed by atoms with Crippen LogP contribution in [0.4, 0.5) is 0 Å². The van der Waals surface area contributed by atoms with Crippen LogP contribution in [0.5, 0.6) is 5.75 Å². The molecule has 1 aliphatic rings. The van der Waals surface area contributed by atoms with E-state index in [0.29, 0.717) is 11.7 Å². The molecule has 1 aromatic rings. The Morgan fingerprint density at radius 2 is 1.38 bits per heavy atom. The van der Waals surface area contributed by atoms with Crippen molar-refractivity contribution in [1.82, 2.24) is 0 Å². The first-order valence-corrected chi connectivity index (χ1v) is 6.45. The normalized spacial score (nSPS) is 31.0. The molecule has 0 heterocycles. The third kappa shape index (κ3) is 2.58. The molecule has 1 saturated carbocycles. The van der Waals surface area contributed by atoms with Crippen molar-refractivity contribution in [1.29, 1.82) is 0 Å². The van der Waals surface area contributed by atoms with Gasteiger partial charge in [-0.25, -0.2) is 0 Å². The minimum absolute atomic E-state index is 0.374. The zero-order chi connectivity index (χ0) is 11.5. The van der Waals surface area contributed by atoms with E-state index >= 15 is 0 Å². The Morgan fingerprint density at radius 3 is 1.88 bits per heavy atom. The van der Waals surface area contributed by atoms with E-state index in [1.165, 1.54) is 31.2 Å². The second kappa shape index (κ2) is 4.90. The predicted octanol–water partition coefficient (Wildman–Crippen LogP) is 4.32. The van der Waals surface area contributed by atoms with E-state index in [1.54, 1.807) is 0 Å². The molecule has 2 rings (SSSR count). The molecule has 0 aliphatic heterocycles. The van der Waals surface area contributed by atoms with Crippen molar-refractivity contribution >= 4 is 0 Å². The van der Waals surface area contributed by atoms with Crippen LogP contribution < -0.4 is 0 Å². The van der Waals surface area contributed by atoms with Crippen LogP contribution in [0.3, 0.4) is 0 Å². The lowest BCUT2D eigenvalue weighted by Crippen LogP contribution is -2.04. The Labute approximate surface area is 98.5 Å². The molecule has 0 amide bonds. The number of benzene rings is 1. The monoisotopic (exact) mass is 218 g/mol. The maximum absolute atomic E-state index is 9.29. The van der Waals surface area contributed by atoms with Crippen LogP contribution in [-0.4, -0.2) is 5.11 Å². The first kappa shape index (κ1) is 11.5. The molecule has 0 spiro atoms. The van der Waals surface area contributed by atoms with Gasteiger partial charge in [-0.15, -0.1) is 0 Å². The quantitative estimate of drug-likeness (QED) is 0.696. The highest BCUT2D eigenvalue weighted by Gasteiger charge is 2.22. The average molecular weight is 218 g/mol. The lowest BCUT2D eigenvalue weighted by atomic mass is 9.91. The summed E-state index contributed by atoms with van der Waals surface area (Å²) in [6, 6.07) is 7.79. The highest BCUT2D eigenvalue weighted by atomic mass is 16.3. The third-order valence-corrected chi connectivity index (χ3v) is 4.28. The third-order valence-electron chi connectivity index (χ3n) is 4.28. The molecule has 0 bridgehead atoms. The highest BCUT2D eigenvalue weighted by molar-refractivity contribution is 5.28. The summed E-state index contributed by atoms with van der Waals surface area (Å²) >= 11 is 0. The maximum Gasteiger partial charge on any atom is 0.115 e. The van der Waals surface area contributed by atoms with Gasteiger partial charge in [0.15, 0.2) is 0 Å². The van der Waals surface area contributed by atoms with E-state index in [9.17, 15) is 5.11 Å². The minimum atomic E-state index is 0.374. The fourth-order valence-corrected chi connectivity index (χ4v) is 2.72. The van der Waals surface area contributed by atoms with Crippen molar-refractivity contribution in [3.8, 4) is 5.75 Å². The van der Waals surface area contributed by atoms with Gasteiger partial charge in [-0.1, -0.05) is 26.0 Å². The van der Waals surface area contributed by atoms with E-state index in [1.807, 2.05) is 12.1 Å². The van der Waals surface area contributed by atoms with Gasteiger partial charge >= 0.3 is 0 Å². The molecule has 2 atom stereocenters. The molecule has 1 fully saturated rings. The Hall–Kier alpha value is -0.980. The molecule has 88 valence electrons. The Balaban J connectivity index is 2.07. The Bertz CT molecular complexity index is 316. The molecule has 1 nitrogen and oxygen atoms in total. The van der Waals surface area contributed by atoms with Gasteiger partial charge in [0.1, 0.15) is 5.75 Å². The molecule has 0 aromatic heterocycles. The summed E-state index contributed by atoms with van der Waals surface area (Å²) in [5, 5.41) is 9.29. The van der Waals surface area contributed by atoms with Crippen LogP contribution in [0.1, 0.15) is 51.0 Å². The van der Waals surface area contributed by atoms with Gasteiger partial charge in [-0.2, -0.15) is 0 Å². The van der Waals surface area contributed by atoms with Gasteiger partial charge in [0, 0.05) is 0 Å². The van der Waals surface area contributed by atoms with Crippen molar-refractivity contribution in [2.45, 2.75) is 45.4 Å².